The van der Waals surface area contributed by atoms with Gasteiger partial charge in [-0.05, 0) is 63.1 Å². The molecule has 0 aromatic heterocycles. The molecule has 0 saturated carbocycles. The molecule has 0 radical (unpaired) electrons. The van der Waals surface area contributed by atoms with E-state index in [1.807, 2.05) is 12.1 Å². The summed E-state index contributed by atoms with van der Waals surface area (Å²) in [7, 11) is 0. The summed E-state index contributed by atoms with van der Waals surface area (Å²) in [6.07, 6.45) is 0. The minimum absolute atomic E-state index is 0.545. The number of aliphatic imine (C=N–C) groups is 1. The summed E-state index contributed by atoms with van der Waals surface area (Å²) in [5.41, 5.74) is 3.37. The van der Waals surface area contributed by atoms with Crippen LogP contribution in [-0.4, -0.2) is 59.4 Å². The van der Waals surface area contributed by atoms with Crippen LogP contribution in [0.15, 0.2) is 41.4 Å². The van der Waals surface area contributed by atoms with Gasteiger partial charge in [0.2, 0.25) is 0 Å². The minimum atomic E-state index is -0.758. The third kappa shape index (κ3) is 4.05. The number of hydrogen-bond donors (Lipinski definition) is 1. The number of aryl methyl sites for hydroxylation is 2. The molecular formula is C24H29N3O3. The van der Waals surface area contributed by atoms with Crippen LogP contribution in [0.1, 0.15) is 30.5 Å². The van der Waals surface area contributed by atoms with Gasteiger partial charge in [-0.15, -0.1) is 0 Å². The Morgan fingerprint density at radius 1 is 1.03 bits per heavy atom. The quantitative estimate of drug-likeness (QED) is 0.825. The highest BCUT2D eigenvalue weighted by molar-refractivity contribution is 6.04. The number of carbonyl (C=O) groups is 1. The van der Waals surface area contributed by atoms with E-state index in [1.54, 1.807) is 13.8 Å². The van der Waals surface area contributed by atoms with Gasteiger partial charge in [0, 0.05) is 32.7 Å². The monoisotopic (exact) mass is 407 g/mol. The van der Waals surface area contributed by atoms with Gasteiger partial charge in [0.1, 0.15) is 17.3 Å². The predicted octanol–water partition coefficient (Wildman–Crippen LogP) is 4.22. The fourth-order valence-electron chi connectivity index (χ4n) is 3.98. The van der Waals surface area contributed by atoms with Crippen molar-refractivity contribution in [3.05, 3.63) is 53.1 Å². The molecule has 1 N–H and O–H groups in total. The molecule has 0 atom stereocenters. The summed E-state index contributed by atoms with van der Waals surface area (Å²) in [4.78, 5) is 21.0. The van der Waals surface area contributed by atoms with Gasteiger partial charge in [0.25, 0.3) is 0 Å². The largest absolute Gasteiger partial charge is 0.481 e. The van der Waals surface area contributed by atoms with Crippen molar-refractivity contribution in [3.8, 4) is 11.5 Å². The van der Waals surface area contributed by atoms with E-state index in [1.165, 1.54) is 0 Å². The van der Waals surface area contributed by atoms with Crippen molar-refractivity contribution in [1.82, 2.24) is 9.80 Å². The molecule has 1 fully saturated rings. The zero-order valence-corrected chi connectivity index (χ0v) is 18.1. The van der Waals surface area contributed by atoms with Crippen molar-refractivity contribution in [2.45, 2.75) is 27.7 Å². The number of carboxylic acid groups (broad SMARTS) is 1. The molecule has 158 valence electrons. The van der Waals surface area contributed by atoms with E-state index < -0.39 is 11.4 Å². The van der Waals surface area contributed by atoms with Crippen LogP contribution in [0, 0.1) is 19.3 Å². The Kier molecular flexibility index (Phi) is 5.28. The molecule has 0 bridgehead atoms. The lowest BCUT2D eigenvalue weighted by Crippen LogP contribution is -2.52. The van der Waals surface area contributed by atoms with Crippen LogP contribution in [0.4, 0.5) is 5.69 Å². The molecule has 0 amide bonds. The highest BCUT2D eigenvalue weighted by atomic mass is 16.5. The molecule has 2 aromatic carbocycles. The molecule has 2 aliphatic heterocycles. The fourth-order valence-corrected chi connectivity index (χ4v) is 3.98. The summed E-state index contributed by atoms with van der Waals surface area (Å²) in [5.74, 6) is 1.76. The van der Waals surface area contributed by atoms with Crippen molar-refractivity contribution >= 4 is 17.5 Å². The molecule has 2 aromatic rings. The SMILES string of the molecule is Cc1ccc2c(c1)N=C(N1CCN(CC(C)(C)C(=O)O)CC1)c1ccc(C)cc1O2. The number of aliphatic carboxylic acids is 1. The Balaban J connectivity index is 1.62. The van der Waals surface area contributed by atoms with Gasteiger partial charge < -0.3 is 14.7 Å². The first kappa shape index (κ1) is 20.4. The summed E-state index contributed by atoms with van der Waals surface area (Å²) in [6.45, 7) is 11.4. The van der Waals surface area contributed by atoms with Crippen LogP contribution in [0.3, 0.4) is 0 Å². The first-order valence-electron chi connectivity index (χ1n) is 10.4. The molecule has 1 saturated heterocycles. The predicted molar refractivity (Wildman–Crippen MR) is 118 cm³/mol. The maximum absolute atomic E-state index is 11.5. The van der Waals surface area contributed by atoms with Crippen LogP contribution in [0.25, 0.3) is 0 Å². The fraction of sp³-hybridized carbons (Fsp3) is 0.417. The highest BCUT2D eigenvalue weighted by Crippen LogP contribution is 2.39. The number of piperazine rings is 1. The molecule has 0 unspecified atom stereocenters. The summed E-state index contributed by atoms with van der Waals surface area (Å²) in [6, 6.07) is 12.3. The second-order valence-electron chi connectivity index (χ2n) is 8.96. The van der Waals surface area contributed by atoms with E-state index >= 15 is 0 Å². The Bertz CT molecular complexity index is 1000. The zero-order chi connectivity index (χ0) is 21.5. The Labute approximate surface area is 177 Å². The molecule has 6 heteroatoms. The van der Waals surface area contributed by atoms with Crippen molar-refractivity contribution in [2.75, 3.05) is 32.7 Å². The second-order valence-corrected chi connectivity index (χ2v) is 8.96. The molecule has 2 heterocycles. The molecule has 0 aliphatic carbocycles. The van der Waals surface area contributed by atoms with Gasteiger partial charge in [-0.25, -0.2) is 4.99 Å². The zero-order valence-electron chi connectivity index (χ0n) is 18.1. The maximum Gasteiger partial charge on any atom is 0.310 e. The normalized spacial score (nSPS) is 16.8. The topological polar surface area (TPSA) is 65.4 Å². The number of fused-ring (bicyclic) bond motifs is 2. The first-order chi connectivity index (χ1) is 14.2. The molecule has 0 spiro atoms. The third-order valence-corrected chi connectivity index (χ3v) is 5.81. The van der Waals surface area contributed by atoms with E-state index in [9.17, 15) is 9.90 Å². The van der Waals surface area contributed by atoms with Gasteiger partial charge >= 0.3 is 5.97 Å². The van der Waals surface area contributed by atoms with E-state index in [2.05, 4.69) is 47.9 Å². The minimum Gasteiger partial charge on any atom is -0.481 e. The van der Waals surface area contributed by atoms with Crippen molar-refractivity contribution in [2.24, 2.45) is 10.4 Å². The van der Waals surface area contributed by atoms with Crippen LogP contribution in [-0.2, 0) is 4.79 Å². The summed E-state index contributed by atoms with van der Waals surface area (Å²) in [5, 5.41) is 9.44. The van der Waals surface area contributed by atoms with Crippen molar-refractivity contribution in [1.29, 1.82) is 0 Å². The van der Waals surface area contributed by atoms with E-state index in [4.69, 9.17) is 9.73 Å². The van der Waals surface area contributed by atoms with Gasteiger partial charge in [-0.2, -0.15) is 0 Å². The lowest BCUT2D eigenvalue weighted by atomic mass is 9.93. The van der Waals surface area contributed by atoms with Gasteiger partial charge in [-0.3, -0.25) is 9.69 Å². The maximum atomic E-state index is 11.5. The van der Waals surface area contributed by atoms with E-state index in [0.29, 0.717) is 6.54 Å². The van der Waals surface area contributed by atoms with Crippen molar-refractivity contribution in [3.63, 3.8) is 0 Å². The van der Waals surface area contributed by atoms with Crippen LogP contribution >= 0.6 is 0 Å². The third-order valence-electron chi connectivity index (χ3n) is 5.81. The van der Waals surface area contributed by atoms with Crippen LogP contribution in [0.2, 0.25) is 0 Å². The lowest BCUT2D eigenvalue weighted by molar-refractivity contribution is -0.148. The van der Waals surface area contributed by atoms with Crippen LogP contribution in [0.5, 0.6) is 11.5 Å². The molecule has 6 nitrogen and oxygen atoms in total. The molecule has 30 heavy (non-hydrogen) atoms. The van der Waals surface area contributed by atoms with Gasteiger partial charge in [0.15, 0.2) is 5.75 Å². The van der Waals surface area contributed by atoms with E-state index in [0.717, 1.165) is 65.9 Å². The standard InChI is InChI=1S/C24H29N3O3/c1-16-6-8-20-19(13-16)25-22(18-7-5-17(2)14-21(18)30-20)27-11-9-26(10-12-27)15-24(3,4)23(28)29/h5-8,13-14H,9-12,15H2,1-4H3,(H,28,29). The number of hydrogen-bond acceptors (Lipinski definition) is 5. The average Bonchev–Trinajstić information content (AvgIpc) is 2.84. The second kappa shape index (κ2) is 7.76. The highest BCUT2D eigenvalue weighted by Gasteiger charge is 2.32. The summed E-state index contributed by atoms with van der Waals surface area (Å²) < 4.78 is 6.26. The van der Waals surface area contributed by atoms with Crippen LogP contribution < -0.4 is 4.74 Å². The number of amidine groups is 1. The lowest BCUT2D eigenvalue weighted by Gasteiger charge is -2.39. The number of ether oxygens (including phenoxy) is 1. The number of rotatable bonds is 3. The molecule has 4 rings (SSSR count). The number of benzene rings is 2. The number of carboxylic acids is 1. The van der Waals surface area contributed by atoms with Gasteiger partial charge in [0.05, 0.1) is 11.0 Å². The average molecular weight is 408 g/mol. The van der Waals surface area contributed by atoms with Gasteiger partial charge in [-0.1, -0.05) is 12.1 Å². The number of nitrogens with zero attached hydrogens (tertiary/aromatic N) is 3. The smallest absolute Gasteiger partial charge is 0.310 e. The molecule has 2 aliphatic rings. The Morgan fingerprint density at radius 2 is 1.70 bits per heavy atom. The molecular weight excluding hydrogens is 378 g/mol. The van der Waals surface area contributed by atoms with Crippen molar-refractivity contribution < 1.29 is 14.6 Å². The summed E-state index contributed by atoms with van der Waals surface area (Å²) >= 11 is 0. The Morgan fingerprint density at radius 3 is 2.40 bits per heavy atom. The first-order valence-corrected chi connectivity index (χ1v) is 10.4. The van der Waals surface area contributed by atoms with E-state index in [-0.39, 0.29) is 0 Å². The Hall–Kier alpha value is -2.86.